The predicted octanol–water partition coefficient (Wildman–Crippen LogP) is 2.56. The fourth-order valence-electron chi connectivity index (χ4n) is 2.37. The summed E-state index contributed by atoms with van der Waals surface area (Å²) < 4.78 is 5.67. The van der Waals surface area contributed by atoms with Crippen molar-refractivity contribution in [3.63, 3.8) is 0 Å². The average Bonchev–Trinajstić information content (AvgIpc) is 2.38. The summed E-state index contributed by atoms with van der Waals surface area (Å²) >= 11 is 5.88. The van der Waals surface area contributed by atoms with Crippen LogP contribution in [-0.2, 0) is 4.74 Å². The zero-order chi connectivity index (χ0) is 14.0. The lowest BCUT2D eigenvalue weighted by atomic mass is 9.64. The van der Waals surface area contributed by atoms with E-state index in [1.807, 2.05) is 6.92 Å². The molecule has 2 unspecified atom stereocenters. The van der Waals surface area contributed by atoms with Crippen molar-refractivity contribution in [1.29, 1.82) is 0 Å². The van der Waals surface area contributed by atoms with E-state index in [2.05, 4.69) is 29.1 Å². The number of carbonyl (C=O) groups is 1. The maximum atomic E-state index is 11.0. The number of aromatic nitrogens is 2. The number of carbonyl (C=O) groups excluding carboxylic acids is 1. The van der Waals surface area contributed by atoms with Gasteiger partial charge in [-0.05, 0) is 13.3 Å². The van der Waals surface area contributed by atoms with Gasteiger partial charge in [0.15, 0.2) is 6.29 Å². The first kappa shape index (κ1) is 14.2. The van der Waals surface area contributed by atoms with Crippen LogP contribution in [-0.4, -0.2) is 35.0 Å². The summed E-state index contributed by atoms with van der Waals surface area (Å²) in [4.78, 5) is 18.9. The monoisotopic (exact) mass is 283 g/mol. The highest BCUT2D eigenvalue weighted by Gasteiger charge is 2.49. The molecule has 0 saturated heterocycles. The number of hydrogen-bond acceptors (Lipinski definition) is 5. The lowest BCUT2D eigenvalue weighted by Gasteiger charge is -2.51. The molecule has 6 heteroatoms. The van der Waals surface area contributed by atoms with Crippen molar-refractivity contribution in [2.75, 3.05) is 11.9 Å². The zero-order valence-electron chi connectivity index (χ0n) is 11.3. The molecular weight excluding hydrogens is 266 g/mol. The van der Waals surface area contributed by atoms with Crippen molar-refractivity contribution < 1.29 is 9.53 Å². The smallest absolute Gasteiger partial charge is 0.156 e. The third-order valence-electron chi connectivity index (χ3n) is 3.81. The number of halogens is 1. The van der Waals surface area contributed by atoms with Gasteiger partial charge in [-0.15, -0.1) is 0 Å². The molecule has 1 N–H and O–H groups in total. The molecule has 0 spiro atoms. The van der Waals surface area contributed by atoms with Crippen LogP contribution in [0.4, 0.5) is 5.82 Å². The molecular formula is C13H18ClN3O2. The first-order valence-corrected chi connectivity index (χ1v) is 6.72. The van der Waals surface area contributed by atoms with E-state index in [1.165, 1.54) is 6.33 Å². The number of nitrogens with one attached hydrogen (secondary N) is 1. The molecule has 1 aromatic heterocycles. The minimum Gasteiger partial charge on any atom is -0.378 e. The third kappa shape index (κ3) is 2.58. The van der Waals surface area contributed by atoms with Crippen LogP contribution in [0.25, 0.3) is 0 Å². The van der Waals surface area contributed by atoms with Crippen LogP contribution in [0.5, 0.6) is 0 Å². The van der Waals surface area contributed by atoms with E-state index in [0.717, 1.165) is 6.42 Å². The van der Waals surface area contributed by atoms with Gasteiger partial charge in [-0.2, -0.15) is 0 Å². The Morgan fingerprint density at radius 3 is 2.89 bits per heavy atom. The zero-order valence-corrected chi connectivity index (χ0v) is 12.1. The normalized spacial score (nSPS) is 24.6. The van der Waals surface area contributed by atoms with Crippen molar-refractivity contribution in [2.45, 2.75) is 39.3 Å². The van der Waals surface area contributed by atoms with Crippen LogP contribution >= 0.6 is 11.6 Å². The van der Waals surface area contributed by atoms with Crippen molar-refractivity contribution in [1.82, 2.24) is 9.97 Å². The number of nitrogens with zero attached hydrogens (tertiary/aromatic N) is 2. The Morgan fingerprint density at radius 1 is 1.58 bits per heavy atom. The van der Waals surface area contributed by atoms with Crippen LogP contribution in [0, 0.1) is 5.41 Å². The van der Waals surface area contributed by atoms with Gasteiger partial charge in [0.1, 0.15) is 17.3 Å². The molecule has 2 atom stereocenters. The standard InChI is InChI=1S/C13H18ClN3O2/c1-4-19-10-5-9(13(10,2)3)17-12-8(6-18)11(14)15-7-16-12/h6-7,9-10H,4-5H2,1-3H3,(H,15,16,17). The van der Waals surface area contributed by atoms with Gasteiger partial charge in [-0.25, -0.2) is 9.97 Å². The summed E-state index contributed by atoms with van der Waals surface area (Å²) in [6, 6.07) is 0.203. The van der Waals surface area contributed by atoms with Gasteiger partial charge in [-0.3, -0.25) is 4.79 Å². The molecule has 104 valence electrons. The summed E-state index contributed by atoms with van der Waals surface area (Å²) in [6.07, 6.45) is 3.15. The summed E-state index contributed by atoms with van der Waals surface area (Å²) in [5.41, 5.74) is 0.299. The number of rotatable bonds is 5. The Labute approximate surface area is 117 Å². The topological polar surface area (TPSA) is 64.1 Å². The number of hydrogen-bond donors (Lipinski definition) is 1. The van der Waals surface area contributed by atoms with Gasteiger partial charge in [0.2, 0.25) is 0 Å². The SMILES string of the molecule is CCOC1CC(Nc2ncnc(Cl)c2C=O)C1(C)C. The molecule has 2 rings (SSSR count). The van der Waals surface area contributed by atoms with Gasteiger partial charge >= 0.3 is 0 Å². The van der Waals surface area contributed by atoms with E-state index >= 15 is 0 Å². The highest BCUT2D eigenvalue weighted by molar-refractivity contribution is 6.32. The Bertz CT molecular complexity index is 479. The van der Waals surface area contributed by atoms with Crippen molar-refractivity contribution in [3.8, 4) is 0 Å². The van der Waals surface area contributed by atoms with Crippen LogP contribution in [0.15, 0.2) is 6.33 Å². The molecule has 1 fully saturated rings. The molecule has 1 aliphatic carbocycles. The van der Waals surface area contributed by atoms with Gasteiger partial charge in [0, 0.05) is 18.1 Å². The average molecular weight is 284 g/mol. The van der Waals surface area contributed by atoms with Crippen molar-refractivity contribution in [2.24, 2.45) is 5.41 Å². The lowest BCUT2D eigenvalue weighted by molar-refractivity contribution is -0.0976. The van der Waals surface area contributed by atoms with E-state index in [4.69, 9.17) is 16.3 Å². The number of anilines is 1. The highest BCUT2D eigenvalue weighted by atomic mass is 35.5. The van der Waals surface area contributed by atoms with Gasteiger partial charge in [-0.1, -0.05) is 25.4 Å². The molecule has 19 heavy (non-hydrogen) atoms. The molecule has 0 amide bonds. The third-order valence-corrected chi connectivity index (χ3v) is 4.11. The molecule has 0 aliphatic heterocycles. The maximum Gasteiger partial charge on any atom is 0.156 e. The molecule has 1 saturated carbocycles. The molecule has 0 bridgehead atoms. The molecule has 0 aromatic carbocycles. The molecule has 0 radical (unpaired) electrons. The van der Waals surface area contributed by atoms with Crippen LogP contribution in [0.1, 0.15) is 37.6 Å². The van der Waals surface area contributed by atoms with Gasteiger partial charge < -0.3 is 10.1 Å². The van der Waals surface area contributed by atoms with E-state index in [0.29, 0.717) is 24.3 Å². The van der Waals surface area contributed by atoms with Crippen LogP contribution < -0.4 is 5.32 Å². The van der Waals surface area contributed by atoms with Crippen LogP contribution in [0.3, 0.4) is 0 Å². The molecule has 1 heterocycles. The fraction of sp³-hybridized carbons (Fsp3) is 0.615. The Hall–Kier alpha value is -1.20. The minimum absolute atomic E-state index is 0.00636. The number of aldehydes is 1. The molecule has 1 aromatic rings. The summed E-state index contributed by atoms with van der Waals surface area (Å²) in [5.74, 6) is 0.489. The van der Waals surface area contributed by atoms with Gasteiger partial charge in [0.05, 0.1) is 11.7 Å². The van der Waals surface area contributed by atoms with E-state index in [-0.39, 0.29) is 22.7 Å². The second kappa shape index (κ2) is 5.43. The Balaban J connectivity index is 2.12. The minimum atomic E-state index is -0.00636. The number of ether oxygens (including phenoxy) is 1. The second-order valence-corrected chi connectivity index (χ2v) is 5.60. The summed E-state index contributed by atoms with van der Waals surface area (Å²) in [6.45, 7) is 6.97. The van der Waals surface area contributed by atoms with Crippen molar-refractivity contribution in [3.05, 3.63) is 17.0 Å². The van der Waals surface area contributed by atoms with Crippen molar-refractivity contribution >= 4 is 23.7 Å². The first-order valence-electron chi connectivity index (χ1n) is 6.34. The van der Waals surface area contributed by atoms with E-state index in [9.17, 15) is 4.79 Å². The predicted molar refractivity (Wildman–Crippen MR) is 73.7 cm³/mol. The van der Waals surface area contributed by atoms with E-state index < -0.39 is 0 Å². The quantitative estimate of drug-likeness (QED) is 0.665. The molecule has 1 aliphatic rings. The fourth-order valence-corrected chi connectivity index (χ4v) is 2.55. The Morgan fingerprint density at radius 2 is 2.32 bits per heavy atom. The largest absolute Gasteiger partial charge is 0.378 e. The summed E-state index contributed by atoms with van der Waals surface area (Å²) in [7, 11) is 0. The van der Waals surface area contributed by atoms with Gasteiger partial charge in [0.25, 0.3) is 0 Å². The first-order chi connectivity index (χ1) is 9.00. The lowest BCUT2D eigenvalue weighted by Crippen LogP contribution is -2.58. The van der Waals surface area contributed by atoms with E-state index in [1.54, 1.807) is 0 Å². The Kier molecular flexibility index (Phi) is 4.06. The second-order valence-electron chi connectivity index (χ2n) is 5.24. The highest BCUT2D eigenvalue weighted by Crippen LogP contribution is 2.44. The maximum absolute atomic E-state index is 11.0. The molecule has 5 nitrogen and oxygen atoms in total. The van der Waals surface area contributed by atoms with Crippen LogP contribution in [0.2, 0.25) is 5.15 Å². The summed E-state index contributed by atoms with van der Waals surface area (Å²) in [5, 5.41) is 3.44.